The Morgan fingerprint density at radius 2 is 1.74 bits per heavy atom. The van der Waals surface area contributed by atoms with Gasteiger partial charge in [0.05, 0.1) is 0 Å². The molecule has 0 bridgehead atoms. The zero-order chi connectivity index (χ0) is 16.7. The van der Waals surface area contributed by atoms with Gasteiger partial charge in [0.25, 0.3) is 5.91 Å². The van der Waals surface area contributed by atoms with Gasteiger partial charge < -0.3 is 15.5 Å². The number of aromatic nitrogens is 2. The Morgan fingerprint density at radius 3 is 2.35 bits per heavy atom. The molecular weight excluding hydrogens is 314 g/mol. The molecule has 0 aliphatic carbocycles. The van der Waals surface area contributed by atoms with Crippen LogP contribution in [0.15, 0.2) is 36.4 Å². The first-order valence-corrected chi connectivity index (χ1v) is 7.71. The Hall–Kier alpha value is -2.18. The van der Waals surface area contributed by atoms with E-state index in [0.29, 0.717) is 22.2 Å². The SMILES string of the molecule is CN(C)CCCNc1ccc(NC(=O)c2ccc(Cl)cc2)nn1. The number of nitrogens with zero attached hydrogens (tertiary/aromatic N) is 3. The van der Waals surface area contributed by atoms with Gasteiger partial charge in [-0.25, -0.2) is 0 Å². The van der Waals surface area contributed by atoms with Crippen LogP contribution in [0.1, 0.15) is 16.8 Å². The van der Waals surface area contributed by atoms with E-state index in [1.54, 1.807) is 36.4 Å². The van der Waals surface area contributed by atoms with Crippen LogP contribution < -0.4 is 10.6 Å². The number of anilines is 2. The summed E-state index contributed by atoms with van der Waals surface area (Å²) in [7, 11) is 4.08. The van der Waals surface area contributed by atoms with Gasteiger partial charge in [-0.2, -0.15) is 0 Å². The molecule has 2 aromatic rings. The van der Waals surface area contributed by atoms with Crippen LogP contribution in [0.5, 0.6) is 0 Å². The van der Waals surface area contributed by atoms with Crippen LogP contribution in [0.4, 0.5) is 11.6 Å². The topological polar surface area (TPSA) is 70.2 Å². The van der Waals surface area contributed by atoms with Crippen molar-refractivity contribution in [3.05, 3.63) is 47.0 Å². The van der Waals surface area contributed by atoms with Crippen molar-refractivity contribution in [2.45, 2.75) is 6.42 Å². The predicted octanol–water partition coefficient (Wildman–Crippen LogP) is 2.75. The molecule has 0 radical (unpaired) electrons. The molecule has 0 saturated heterocycles. The summed E-state index contributed by atoms with van der Waals surface area (Å²) in [6.07, 6.45) is 1.02. The van der Waals surface area contributed by atoms with E-state index in [1.807, 2.05) is 14.1 Å². The van der Waals surface area contributed by atoms with Gasteiger partial charge in [0.2, 0.25) is 0 Å². The summed E-state index contributed by atoms with van der Waals surface area (Å²) in [4.78, 5) is 14.2. The van der Waals surface area contributed by atoms with Crippen molar-refractivity contribution >= 4 is 29.1 Å². The second-order valence-electron chi connectivity index (χ2n) is 5.35. The fourth-order valence-electron chi connectivity index (χ4n) is 1.89. The van der Waals surface area contributed by atoms with Crippen LogP contribution in [0, 0.1) is 0 Å². The molecular formula is C16H20ClN5O. The number of hydrogen-bond donors (Lipinski definition) is 2. The van der Waals surface area contributed by atoms with E-state index in [9.17, 15) is 4.79 Å². The van der Waals surface area contributed by atoms with Crippen LogP contribution in [0.3, 0.4) is 0 Å². The summed E-state index contributed by atoms with van der Waals surface area (Å²) in [5.41, 5.74) is 0.516. The van der Waals surface area contributed by atoms with Crippen molar-refractivity contribution in [1.29, 1.82) is 0 Å². The first-order valence-electron chi connectivity index (χ1n) is 7.34. The van der Waals surface area contributed by atoms with Crippen LogP contribution in [-0.2, 0) is 0 Å². The Balaban J connectivity index is 1.84. The van der Waals surface area contributed by atoms with Crippen molar-refractivity contribution in [3.8, 4) is 0 Å². The van der Waals surface area contributed by atoms with Crippen LogP contribution >= 0.6 is 11.6 Å². The van der Waals surface area contributed by atoms with Gasteiger partial charge in [-0.15, -0.1) is 10.2 Å². The first kappa shape index (κ1) is 17.2. The van der Waals surface area contributed by atoms with Gasteiger partial charge in [-0.1, -0.05) is 11.6 Å². The number of benzene rings is 1. The lowest BCUT2D eigenvalue weighted by molar-refractivity contribution is 0.102. The van der Waals surface area contributed by atoms with Crippen molar-refractivity contribution in [2.24, 2.45) is 0 Å². The molecule has 0 aliphatic rings. The molecule has 0 fully saturated rings. The number of amides is 1. The molecule has 1 aromatic heterocycles. The van der Waals surface area contributed by atoms with Crippen LogP contribution in [0.2, 0.25) is 5.02 Å². The fraction of sp³-hybridized carbons (Fsp3) is 0.312. The van der Waals surface area contributed by atoms with E-state index in [0.717, 1.165) is 19.5 Å². The maximum absolute atomic E-state index is 12.0. The third-order valence-electron chi connectivity index (χ3n) is 3.10. The normalized spacial score (nSPS) is 10.6. The molecule has 1 heterocycles. The summed E-state index contributed by atoms with van der Waals surface area (Å²) >= 11 is 5.80. The Kier molecular flexibility index (Phi) is 6.31. The highest BCUT2D eigenvalue weighted by Crippen LogP contribution is 2.12. The Morgan fingerprint density at radius 1 is 1.09 bits per heavy atom. The molecule has 7 heteroatoms. The maximum atomic E-state index is 12.0. The van der Waals surface area contributed by atoms with Crippen molar-refractivity contribution < 1.29 is 4.79 Å². The number of nitrogens with one attached hydrogen (secondary N) is 2. The molecule has 0 atom stereocenters. The molecule has 0 spiro atoms. The van der Waals surface area contributed by atoms with Crippen LogP contribution in [-0.4, -0.2) is 48.2 Å². The second kappa shape index (κ2) is 8.45. The van der Waals surface area contributed by atoms with E-state index in [2.05, 4.69) is 25.7 Å². The molecule has 1 aromatic carbocycles. The van der Waals surface area contributed by atoms with Crippen LogP contribution in [0.25, 0.3) is 0 Å². The predicted molar refractivity (Wildman–Crippen MR) is 93.1 cm³/mol. The third kappa shape index (κ3) is 5.84. The number of hydrogen-bond acceptors (Lipinski definition) is 5. The quantitative estimate of drug-likeness (QED) is 0.762. The van der Waals surface area contributed by atoms with E-state index >= 15 is 0 Å². The lowest BCUT2D eigenvalue weighted by atomic mass is 10.2. The molecule has 2 N–H and O–H groups in total. The number of rotatable bonds is 7. The first-order chi connectivity index (χ1) is 11.0. The largest absolute Gasteiger partial charge is 0.369 e. The van der Waals surface area contributed by atoms with E-state index in [-0.39, 0.29) is 5.91 Å². The maximum Gasteiger partial charge on any atom is 0.256 e. The highest BCUT2D eigenvalue weighted by Gasteiger charge is 2.07. The number of halogens is 1. The molecule has 2 rings (SSSR count). The summed E-state index contributed by atoms with van der Waals surface area (Å²) in [6, 6.07) is 10.2. The summed E-state index contributed by atoms with van der Waals surface area (Å²) in [5, 5.41) is 14.5. The van der Waals surface area contributed by atoms with Gasteiger partial charge in [0.1, 0.15) is 5.82 Å². The molecule has 0 unspecified atom stereocenters. The van der Waals surface area contributed by atoms with Crippen molar-refractivity contribution in [1.82, 2.24) is 15.1 Å². The fourth-order valence-corrected chi connectivity index (χ4v) is 2.02. The van der Waals surface area contributed by atoms with Gasteiger partial charge in [-0.3, -0.25) is 4.79 Å². The Bertz CT molecular complexity index is 628. The van der Waals surface area contributed by atoms with Gasteiger partial charge in [0.15, 0.2) is 5.82 Å². The minimum atomic E-state index is -0.248. The molecule has 0 aliphatic heterocycles. The lowest BCUT2D eigenvalue weighted by Crippen LogP contribution is -2.17. The molecule has 0 saturated carbocycles. The van der Waals surface area contributed by atoms with Gasteiger partial charge in [0, 0.05) is 17.1 Å². The lowest BCUT2D eigenvalue weighted by Gasteiger charge is -2.10. The van der Waals surface area contributed by atoms with Gasteiger partial charge >= 0.3 is 0 Å². The highest BCUT2D eigenvalue weighted by atomic mass is 35.5. The third-order valence-corrected chi connectivity index (χ3v) is 3.35. The second-order valence-corrected chi connectivity index (χ2v) is 5.78. The Labute approximate surface area is 140 Å². The molecule has 6 nitrogen and oxygen atoms in total. The summed E-state index contributed by atoms with van der Waals surface area (Å²) < 4.78 is 0. The monoisotopic (exact) mass is 333 g/mol. The van der Waals surface area contributed by atoms with E-state index in [4.69, 9.17) is 11.6 Å². The number of carbonyl (C=O) groups is 1. The van der Waals surface area contributed by atoms with E-state index in [1.165, 1.54) is 0 Å². The average Bonchev–Trinajstić information content (AvgIpc) is 2.53. The molecule has 1 amide bonds. The summed E-state index contributed by atoms with van der Waals surface area (Å²) in [5.74, 6) is 0.847. The highest BCUT2D eigenvalue weighted by molar-refractivity contribution is 6.30. The smallest absolute Gasteiger partial charge is 0.256 e. The van der Waals surface area contributed by atoms with Gasteiger partial charge in [-0.05, 0) is 63.5 Å². The average molecular weight is 334 g/mol. The summed E-state index contributed by atoms with van der Waals surface area (Å²) in [6.45, 7) is 1.83. The van der Waals surface area contributed by atoms with Crippen molar-refractivity contribution in [2.75, 3.05) is 37.8 Å². The van der Waals surface area contributed by atoms with E-state index < -0.39 is 0 Å². The zero-order valence-corrected chi connectivity index (χ0v) is 14.0. The zero-order valence-electron chi connectivity index (χ0n) is 13.2. The van der Waals surface area contributed by atoms with Crippen molar-refractivity contribution in [3.63, 3.8) is 0 Å². The minimum Gasteiger partial charge on any atom is -0.369 e. The molecule has 23 heavy (non-hydrogen) atoms. The standard InChI is InChI=1S/C16H20ClN5O/c1-22(2)11-3-10-18-14-8-9-15(21-20-14)19-16(23)12-4-6-13(17)7-5-12/h4-9H,3,10-11H2,1-2H3,(H,18,20)(H,19,21,23). The minimum absolute atomic E-state index is 0.248. The number of carbonyl (C=O) groups excluding carboxylic acids is 1. The molecule has 122 valence electrons.